The van der Waals surface area contributed by atoms with Crippen LogP contribution in [0.4, 0.5) is 0 Å². The largest absolute Gasteiger partial charge is 0.394 e. The third kappa shape index (κ3) is 3.52. The molecule has 2 aromatic rings. The molecule has 0 amide bonds. The lowest BCUT2D eigenvalue weighted by Crippen LogP contribution is -2.43. The summed E-state index contributed by atoms with van der Waals surface area (Å²) in [6.45, 7) is 9.23. The lowest BCUT2D eigenvalue weighted by atomic mass is 9.84. The second kappa shape index (κ2) is 6.42. The zero-order valence-corrected chi connectivity index (χ0v) is 13.4. The van der Waals surface area contributed by atoms with Crippen molar-refractivity contribution in [3.05, 3.63) is 70.3 Å². The number of rotatable bonds is 5. The molecule has 0 saturated carbocycles. The van der Waals surface area contributed by atoms with Crippen LogP contribution in [0.5, 0.6) is 0 Å². The van der Waals surface area contributed by atoms with Gasteiger partial charge in [-0.25, -0.2) is 0 Å². The highest BCUT2D eigenvalue weighted by molar-refractivity contribution is 5.42. The van der Waals surface area contributed by atoms with E-state index in [0.29, 0.717) is 0 Å². The van der Waals surface area contributed by atoms with Crippen LogP contribution in [0.3, 0.4) is 0 Å². The van der Waals surface area contributed by atoms with E-state index in [1.807, 2.05) is 18.2 Å². The SMILES string of the molecule is Cc1cc(C)c(C(C)(CO)NCc2ccccc2)c(C)c1. The minimum atomic E-state index is -0.433. The minimum Gasteiger partial charge on any atom is -0.394 e. The van der Waals surface area contributed by atoms with E-state index in [-0.39, 0.29) is 6.61 Å². The van der Waals surface area contributed by atoms with Crippen molar-refractivity contribution in [2.75, 3.05) is 6.61 Å². The molecule has 0 aliphatic carbocycles. The maximum atomic E-state index is 9.97. The Balaban J connectivity index is 2.29. The first-order chi connectivity index (χ1) is 9.96. The maximum absolute atomic E-state index is 9.97. The van der Waals surface area contributed by atoms with Gasteiger partial charge in [0.25, 0.3) is 0 Å². The Hall–Kier alpha value is -1.64. The molecule has 2 aromatic carbocycles. The van der Waals surface area contributed by atoms with E-state index < -0.39 is 5.54 Å². The summed E-state index contributed by atoms with van der Waals surface area (Å²) in [5, 5.41) is 13.5. The van der Waals surface area contributed by atoms with Gasteiger partial charge in [-0.1, -0.05) is 48.0 Å². The first kappa shape index (κ1) is 15.7. The fourth-order valence-corrected chi connectivity index (χ4v) is 3.17. The smallest absolute Gasteiger partial charge is 0.0652 e. The van der Waals surface area contributed by atoms with Crippen LogP contribution in [0.2, 0.25) is 0 Å². The van der Waals surface area contributed by atoms with E-state index in [1.165, 1.54) is 27.8 Å². The van der Waals surface area contributed by atoms with Crippen LogP contribution in [-0.4, -0.2) is 11.7 Å². The third-order valence-corrected chi connectivity index (χ3v) is 4.07. The maximum Gasteiger partial charge on any atom is 0.0652 e. The van der Waals surface area contributed by atoms with Gasteiger partial charge >= 0.3 is 0 Å². The molecule has 2 rings (SSSR count). The number of aliphatic hydroxyl groups is 1. The number of hydrogen-bond donors (Lipinski definition) is 2. The summed E-state index contributed by atoms with van der Waals surface area (Å²) in [5.74, 6) is 0. The van der Waals surface area contributed by atoms with Crippen molar-refractivity contribution >= 4 is 0 Å². The highest BCUT2D eigenvalue weighted by Crippen LogP contribution is 2.28. The average molecular weight is 283 g/mol. The molecule has 0 aliphatic rings. The normalized spacial score (nSPS) is 14.0. The van der Waals surface area contributed by atoms with Crippen molar-refractivity contribution in [3.8, 4) is 0 Å². The van der Waals surface area contributed by atoms with Gasteiger partial charge < -0.3 is 10.4 Å². The fourth-order valence-electron chi connectivity index (χ4n) is 3.17. The van der Waals surface area contributed by atoms with Gasteiger partial charge in [-0.15, -0.1) is 0 Å². The summed E-state index contributed by atoms with van der Waals surface area (Å²) in [4.78, 5) is 0. The van der Waals surface area contributed by atoms with Crippen LogP contribution in [0, 0.1) is 20.8 Å². The molecular formula is C19H25NO. The van der Waals surface area contributed by atoms with Gasteiger partial charge in [0.1, 0.15) is 0 Å². The van der Waals surface area contributed by atoms with Crippen LogP contribution in [0.15, 0.2) is 42.5 Å². The quantitative estimate of drug-likeness (QED) is 0.878. The van der Waals surface area contributed by atoms with E-state index >= 15 is 0 Å². The predicted octanol–water partition coefficient (Wildman–Crippen LogP) is 3.61. The number of aliphatic hydroxyl groups excluding tert-OH is 1. The molecule has 0 spiro atoms. The van der Waals surface area contributed by atoms with Gasteiger partial charge in [0.2, 0.25) is 0 Å². The van der Waals surface area contributed by atoms with E-state index in [1.54, 1.807) is 0 Å². The molecule has 0 radical (unpaired) electrons. The van der Waals surface area contributed by atoms with E-state index in [4.69, 9.17) is 0 Å². The Kier molecular flexibility index (Phi) is 4.81. The first-order valence-electron chi connectivity index (χ1n) is 7.44. The summed E-state index contributed by atoms with van der Waals surface area (Å²) in [6, 6.07) is 14.6. The van der Waals surface area contributed by atoms with E-state index in [9.17, 15) is 5.11 Å². The molecule has 2 nitrogen and oxygen atoms in total. The molecule has 0 heterocycles. The molecule has 0 aromatic heterocycles. The topological polar surface area (TPSA) is 32.3 Å². The number of hydrogen-bond acceptors (Lipinski definition) is 2. The third-order valence-electron chi connectivity index (χ3n) is 4.07. The summed E-state index contributed by atoms with van der Waals surface area (Å²) in [6.07, 6.45) is 0. The first-order valence-corrected chi connectivity index (χ1v) is 7.44. The standard InChI is InChI=1S/C19H25NO/c1-14-10-15(2)18(16(3)11-14)19(4,13-21)20-12-17-8-6-5-7-9-17/h5-11,20-21H,12-13H2,1-4H3. The van der Waals surface area contributed by atoms with Crippen LogP contribution >= 0.6 is 0 Å². The Morgan fingerprint density at radius 2 is 1.57 bits per heavy atom. The van der Waals surface area contributed by atoms with Crippen LogP contribution in [0.1, 0.15) is 34.7 Å². The van der Waals surface area contributed by atoms with Crippen molar-refractivity contribution < 1.29 is 5.11 Å². The van der Waals surface area contributed by atoms with Gasteiger partial charge in [0.15, 0.2) is 0 Å². The van der Waals surface area contributed by atoms with Gasteiger partial charge in [-0.05, 0) is 49.9 Å². The van der Waals surface area contributed by atoms with Gasteiger partial charge in [-0.3, -0.25) is 0 Å². The Morgan fingerprint density at radius 1 is 1.00 bits per heavy atom. The molecule has 0 fully saturated rings. The summed E-state index contributed by atoms with van der Waals surface area (Å²) in [7, 11) is 0. The predicted molar refractivity (Wildman–Crippen MR) is 88.4 cm³/mol. The molecule has 1 unspecified atom stereocenters. The number of nitrogens with one attached hydrogen (secondary N) is 1. The van der Waals surface area contributed by atoms with Crippen LogP contribution in [0.25, 0.3) is 0 Å². The molecule has 112 valence electrons. The van der Waals surface area contributed by atoms with Crippen LogP contribution < -0.4 is 5.32 Å². The molecule has 2 heteroatoms. The molecule has 0 saturated heterocycles. The van der Waals surface area contributed by atoms with Crippen LogP contribution in [-0.2, 0) is 12.1 Å². The summed E-state index contributed by atoms with van der Waals surface area (Å²) < 4.78 is 0. The monoisotopic (exact) mass is 283 g/mol. The minimum absolute atomic E-state index is 0.0740. The van der Waals surface area contributed by atoms with Crippen molar-refractivity contribution in [1.82, 2.24) is 5.32 Å². The second-order valence-corrected chi connectivity index (χ2v) is 6.10. The van der Waals surface area contributed by atoms with Gasteiger partial charge in [-0.2, -0.15) is 0 Å². The summed E-state index contributed by atoms with van der Waals surface area (Å²) in [5.41, 5.74) is 5.70. The summed E-state index contributed by atoms with van der Waals surface area (Å²) >= 11 is 0. The zero-order chi connectivity index (χ0) is 15.5. The van der Waals surface area contributed by atoms with Crippen molar-refractivity contribution in [2.24, 2.45) is 0 Å². The molecule has 2 N–H and O–H groups in total. The molecular weight excluding hydrogens is 258 g/mol. The Bertz CT molecular complexity index is 583. The van der Waals surface area contributed by atoms with E-state index in [2.05, 4.69) is 57.3 Å². The van der Waals surface area contributed by atoms with E-state index in [0.717, 1.165) is 6.54 Å². The zero-order valence-electron chi connectivity index (χ0n) is 13.4. The average Bonchev–Trinajstić information content (AvgIpc) is 2.45. The highest BCUT2D eigenvalue weighted by Gasteiger charge is 2.28. The second-order valence-electron chi connectivity index (χ2n) is 6.10. The molecule has 0 aliphatic heterocycles. The molecule has 21 heavy (non-hydrogen) atoms. The van der Waals surface area contributed by atoms with Gasteiger partial charge in [0, 0.05) is 6.54 Å². The van der Waals surface area contributed by atoms with Crippen molar-refractivity contribution in [3.63, 3.8) is 0 Å². The van der Waals surface area contributed by atoms with Crippen molar-refractivity contribution in [2.45, 2.75) is 39.8 Å². The Morgan fingerprint density at radius 3 is 2.10 bits per heavy atom. The lowest BCUT2D eigenvalue weighted by molar-refractivity contribution is 0.172. The Labute approximate surface area is 127 Å². The highest BCUT2D eigenvalue weighted by atomic mass is 16.3. The fraction of sp³-hybridized carbons (Fsp3) is 0.368. The van der Waals surface area contributed by atoms with Crippen molar-refractivity contribution in [1.29, 1.82) is 0 Å². The van der Waals surface area contributed by atoms with Gasteiger partial charge in [0.05, 0.1) is 12.1 Å². The molecule has 0 bridgehead atoms. The number of benzene rings is 2. The lowest BCUT2D eigenvalue weighted by Gasteiger charge is -2.33. The number of aryl methyl sites for hydroxylation is 3. The molecule has 1 atom stereocenters.